The van der Waals surface area contributed by atoms with Gasteiger partial charge in [-0.2, -0.15) is 0 Å². The molecule has 3 nitrogen and oxygen atoms in total. The van der Waals surface area contributed by atoms with Gasteiger partial charge in [0.25, 0.3) is 0 Å². The molecule has 0 aromatic heterocycles. The molecule has 1 heterocycles. The van der Waals surface area contributed by atoms with Crippen molar-refractivity contribution in [1.29, 1.82) is 0 Å². The molecule has 0 aliphatic carbocycles. The van der Waals surface area contributed by atoms with Gasteiger partial charge in [-0.25, -0.2) is 0 Å². The van der Waals surface area contributed by atoms with Crippen molar-refractivity contribution in [1.82, 2.24) is 4.90 Å². The van der Waals surface area contributed by atoms with E-state index in [1.54, 1.807) is 6.92 Å². The number of carbonyl (C=O) groups excluding carboxylic acids is 1. The molecule has 4 heteroatoms. The number of anilines is 1. The highest BCUT2D eigenvalue weighted by Gasteiger charge is 2.24. The molecular formula is C14H19BrN2O. The fourth-order valence-corrected chi connectivity index (χ4v) is 3.03. The summed E-state index contributed by atoms with van der Waals surface area (Å²) in [5.41, 5.74) is 1.94. The monoisotopic (exact) mass is 310 g/mol. The lowest BCUT2D eigenvalue weighted by Crippen LogP contribution is -2.31. The number of likely N-dealkylation sites (N-methyl/N-ethyl adjacent to an activating group) is 1. The van der Waals surface area contributed by atoms with E-state index < -0.39 is 0 Å². The van der Waals surface area contributed by atoms with Gasteiger partial charge in [-0.3, -0.25) is 4.79 Å². The topological polar surface area (TPSA) is 23.6 Å². The minimum atomic E-state index is 0.0982. The van der Waals surface area contributed by atoms with E-state index in [4.69, 9.17) is 0 Å². The molecule has 0 saturated carbocycles. The summed E-state index contributed by atoms with van der Waals surface area (Å²) in [5, 5.41) is 0. The fraction of sp³-hybridized carbons (Fsp3) is 0.500. The zero-order valence-corrected chi connectivity index (χ0v) is 12.7. The van der Waals surface area contributed by atoms with Crippen LogP contribution in [-0.4, -0.2) is 43.9 Å². The molecule has 0 bridgehead atoms. The molecule has 1 aliphatic rings. The average Bonchev–Trinajstić information content (AvgIpc) is 2.77. The van der Waals surface area contributed by atoms with Crippen LogP contribution in [0.1, 0.15) is 23.7 Å². The molecule has 1 aromatic carbocycles. The van der Waals surface area contributed by atoms with Crippen LogP contribution >= 0.6 is 15.9 Å². The normalized spacial score (nSPS) is 19.6. The Morgan fingerprint density at radius 1 is 1.44 bits per heavy atom. The Kier molecular flexibility index (Phi) is 4.07. The molecule has 1 saturated heterocycles. The van der Waals surface area contributed by atoms with Crippen LogP contribution in [0.3, 0.4) is 0 Å². The van der Waals surface area contributed by atoms with E-state index in [1.807, 2.05) is 12.1 Å². The summed E-state index contributed by atoms with van der Waals surface area (Å²) >= 11 is 3.48. The smallest absolute Gasteiger partial charge is 0.160 e. The highest BCUT2D eigenvalue weighted by Crippen LogP contribution is 2.27. The lowest BCUT2D eigenvalue weighted by Gasteiger charge is -2.22. The quantitative estimate of drug-likeness (QED) is 0.802. The van der Waals surface area contributed by atoms with Crippen molar-refractivity contribution in [2.24, 2.45) is 0 Å². The summed E-state index contributed by atoms with van der Waals surface area (Å²) in [6, 6.07) is 6.62. The minimum Gasteiger partial charge on any atom is -0.370 e. The van der Waals surface area contributed by atoms with Crippen LogP contribution in [-0.2, 0) is 0 Å². The molecule has 0 spiro atoms. The summed E-state index contributed by atoms with van der Waals surface area (Å²) in [4.78, 5) is 16.0. The summed E-state index contributed by atoms with van der Waals surface area (Å²) in [5.74, 6) is 0.0982. The standard InChI is InChI=1S/C14H19BrN2O/c1-10(18)13-5-4-11(8-14(13)15)17-7-6-12(9-17)16(2)3/h4-5,8,12H,6-7,9H2,1-3H3. The molecule has 18 heavy (non-hydrogen) atoms. The van der Waals surface area contributed by atoms with Crippen molar-refractivity contribution in [3.05, 3.63) is 28.2 Å². The summed E-state index contributed by atoms with van der Waals surface area (Å²) in [6.07, 6.45) is 1.19. The first-order valence-electron chi connectivity index (χ1n) is 6.21. The first kappa shape index (κ1) is 13.6. The first-order chi connectivity index (χ1) is 8.49. The summed E-state index contributed by atoms with van der Waals surface area (Å²) in [6.45, 7) is 3.73. The van der Waals surface area contributed by atoms with Crippen molar-refractivity contribution >= 4 is 27.4 Å². The third kappa shape index (κ3) is 2.75. The number of nitrogens with zero attached hydrogens (tertiary/aromatic N) is 2. The van der Waals surface area contributed by atoms with Crippen LogP contribution in [0, 0.1) is 0 Å². The van der Waals surface area contributed by atoms with E-state index >= 15 is 0 Å². The van der Waals surface area contributed by atoms with E-state index in [2.05, 4.69) is 45.9 Å². The van der Waals surface area contributed by atoms with E-state index in [0.717, 1.165) is 23.1 Å². The number of hydrogen-bond donors (Lipinski definition) is 0. The Hall–Kier alpha value is -0.870. The second kappa shape index (κ2) is 5.41. The van der Waals surface area contributed by atoms with E-state index in [-0.39, 0.29) is 5.78 Å². The van der Waals surface area contributed by atoms with Gasteiger partial charge in [0.2, 0.25) is 0 Å². The van der Waals surface area contributed by atoms with Gasteiger partial charge in [-0.1, -0.05) is 0 Å². The van der Waals surface area contributed by atoms with E-state index in [1.165, 1.54) is 12.1 Å². The van der Waals surface area contributed by atoms with Gasteiger partial charge in [0.05, 0.1) is 0 Å². The van der Waals surface area contributed by atoms with Gasteiger partial charge < -0.3 is 9.80 Å². The number of ketones is 1. The van der Waals surface area contributed by atoms with Gasteiger partial charge >= 0.3 is 0 Å². The number of halogens is 1. The molecule has 0 radical (unpaired) electrons. The molecule has 1 atom stereocenters. The Morgan fingerprint density at radius 2 is 2.17 bits per heavy atom. The predicted octanol–water partition coefficient (Wildman–Crippen LogP) is 2.79. The van der Waals surface area contributed by atoms with Crippen molar-refractivity contribution in [3.8, 4) is 0 Å². The van der Waals surface area contributed by atoms with Crippen LogP contribution in [0.4, 0.5) is 5.69 Å². The Labute approximate surface area is 117 Å². The molecule has 1 unspecified atom stereocenters. The van der Waals surface area contributed by atoms with Crippen molar-refractivity contribution in [3.63, 3.8) is 0 Å². The molecular weight excluding hydrogens is 292 g/mol. The van der Waals surface area contributed by atoms with Crippen LogP contribution < -0.4 is 4.90 Å². The maximum Gasteiger partial charge on any atom is 0.160 e. The number of benzene rings is 1. The second-order valence-corrected chi connectivity index (χ2v) is 5.93. The molecule has 2 rings (SSSR count). The number of carbonyl (C=O) groups is 1. The third-order valence-corrected chi connectivity index (χ3v) is 4.25. The van der Waals surface area contributed by atoms with E-state index in [9.17, 15) is 4.79 Å². The number of rotatable bonds is 3. The Bertz CT molecular complexity index is 459. The van der Waals surface area contributed by atoms with Crippen LogP contribution in [0.2, 0.25) is 0 Å². The first-order valence-corrected chi connectivity index (χ1v) is 7.00. The molecule has 1 aliphatic heterocycles. The Morgan fingerprint density at radius 3 is 2.67 bits per heavy atom. The summed E-state index contributed by atoms with van der Waals surface area (Å²) in [7, 11) is 4.26. The van der Waals surface area contributed by atoms with Gasteiger partial charge in [-0.05, 0) is 61.6 Å². The lowest BCUT2D eigenvalue weighted by atomic mass is 10.1. The SMILES string of the molecule is CC(=O)c1ccc(N2CCC(N(C)C)C2)cc1Br. The van der Waals surface area contributed by atoms with E-state index in [0.29, 0.717) is 6.04 Å². The van der Waals surface area contributed by atoms with Crippen LogP contribution in [0.25, 0.3) is 0 Å². The molecule has 0 N–H and O–H groups in total. The summed E-state index contributed by atoms with van der Waals surface area (Å²) < 4.78 is 0.890. The predicted molar refractivity (Wildman–Crippen MR) is 78.5 cm³/mol. The van der Waals surface area contributed by atoms with Crippen molar-refractivity contribution < 1.29 is 4.79 Å². The lowest BCUT2D eigenvalue weighted by molar-refractivity contribution is 0.101. The fourth-order valence-electron chi connectivity index (χ4n) is 2.38. The largest absolute Gasteiger partial charge is 0.370 e. The molecule has 98 valence electrons. The molecule has 1 fully saturated rings. The minimum absolute atomic E-state index is 0.0982. The maximum absolute atomic E-state index is 11.4. The zero-order chi connectivity index (χ0) is 13.3. The highest BCUT2D eigenvalue weighted by molar-refractivity contribution is 9.10. The molecule has 0 amide bonds. The highest BCUT2D eigenvalue weighted by atomic mass is 79.9. The number of Topliss-reactive ketones (excluding diaryl/α,β-unsaturated/α-hetero) is 1. The zero-order valence-electron chi connectivity index (χ0n) is 11.1. The van der Waals surface area contributed by atoms with Gasteiger partial charge in [0, 0.05) is 34.9 Å². The molecule has 1 aromatic rings. The van der Waals surface area contributed by atoms with Crippen molar-refractivity contribution in [2.45, 2.75) is 19.4 Å². The second-order valence-electron chi connectivity index (χ2n) is 5.07. The number of hydrogen-bond acceptors (Lipinski definition) is 3. The van der Waals surface area contributed by atoms with Gasteiger partial charge in [0.15, 0.2) is 5.78 Å². The third-order valence-electron chi connectivity index (χ3n) is 3.59. The van der Waals surface area contributed by atoms with Gasteiger partial charge in [-0.15, -0.1) is 0 Å². The van der Waals surface area contributed by atoms with Crippen LogP contribution in [0.15, 0.2) is 22.7 Å². The average molecular weight is 311 g/mol. The van der Waals surface area contributed by atoms with Crippen molar-refractivity contribution in [2.75, 3.05) is 32.1 Å². The van der Waals surface area contributed by atoms with Gasteiger partial charge in [0.1, 0.15) is 0 Å². The maximum atomic E-state index is 11.4. The Balaban J connectivity index is 2.16. The van der Waals surface area contributed by atoms with Crippen LogP contribution in [0.5, 0.6) is 0 Å².